The molecule has 0 radical (unpaired) electrons. The largest absolute Gasteiger partial charge is 0.380 e. The highest BCUT2D eigenvalue weighted by atomic mass is 35.5. The van der Waals surface area contributed by atoms with Crippen molar-refractivity contribution in [1.82, 2.24) is 15.5 Å². The predicted octanol–water partition coefficient (Wildman–Crippen LogP) is -0.229. The Hall–Kier alpha value is -0.850. The van der Waals surface area contributed by atoms with Crippen LogP contribution >= 0.6 is 12.4 Å². The first-order valence-corrected chi connectivity index (χ1v) is 6.55. The molecule has 1 aliphatic rings. The summed E-state index contributed by atoms with van der Waals surface area (Å²) in [4.78, 5) is 25.3. The standard InChI is InChI=1S/C12H23N3O3.ClH/c1-3-13-11(16)9-10-12(17)15(6-5-14-10)7-8-18-4-2;/h10,14H,3-9H2,1-2H3,(H,13,16);1H. The van der Waals surface area contributed by atoms with Gasteiger partial charge in [-0.25, -0.2) is 0 Å². The fourth-order valence-corrected chi connectivity index (χ4v) is 1.95. The first-order chi connectivity index (χ1) is 8.69. The summed E-state index contributed by atoms with van der Waals surface area (Å²) in [5.41, 5.74) is 0. The summed E-state index contributed by atoms with van der Waals surface area (Å²) in [7, 11) is 0. The summed E-state index contributed by atoms with van der Waals surface area (Å²) in [6, 6.07) is -0.396. The smallest absolute Gasteiger partial charge is 0.240 e. The van der Waals surface area contributed by atoms with Gasteiger partial charge in [-0.2, -0.15) is 0 Å². The molecule has 0 spiro atoms. The van der Waals surface area contributed by atoms with Crippen LogP contribution in [0.4, 0.5) is 0 Å². The van der Waals surface area contributed by atoms with Gasteiger partial charge in [0.25, 0.3) is 0 Å². The van der Waals surface area contributed by atoms with E-state index in [9.17, 15) is 9.59 Å². The number of piperazine rings is 1. The Balaban J connectivity index is 0.00000324. The molecule has 1 aliphatic heterocycles. The van der Waals surface area contributed by atoms with Crippen LogP contribution in [0, 0.1) is 0 Å². The van der Waals surface area contributed by atoms with Crippen LogP contribution in [0.2, 0.25) is 0 Å². The van der Waals surface area contributed by atoms with Crippen LogP contribution in [0.1, 0.15) is 20.3 Å². The van der Waals surface area contributed by atoms with Gasteiger partial charge in [0.15, 0.2) is 0 Å². The third-order valence-corrected chi connectivity index (χ3v) is 2.86. The predicted molar refractivity (Wildman–Crippen MR) is 75.4 cm³/mol. The fraction of sp³-hybridized carbons (Fsp3) is 0.833. The monoisotopic (exact) mass is 293 g/mol. The van der Waals surface area contributed by atoms with E-state index < -0.39 is 6.04 Å². The lowest BCUT2D eigenvalue weighted by molar-refractivity contribution is -0.138. The number of nitrogens with one attached hydrogen (secondary N) is 2. The van der Waals surface area contributed by atoms with Gasteiger partial charge in [0, 0.05) is 32.8 Å². The maximum atomic E-state index is 12.1. The van der Waals surface area contributed by atoms with Crippen molar-refractivity contribution in [1.29, 1.82) is 0 Å². The van der Waals surface area contributed by atoms with E-state index in [1.165, 1.54) is 0 Å². The zero-order valence-corrected chi connectivity index (χ0v) is 12.4. The summed E-state index contributed by atoms with van der Waals surface area (Å²) < 4.78 is 5.25. The molecule has 1 fully saturated rings. The number of ether oxygens (including phenoxy) is 1. The van der Waals surface area contributed by atoms with Crippen molar-refractivity contribution >= 4 is 24.2 Å². The van der Waals surface area contributed by atoms with Crippen LogP contribution in [0.25, 0.3) is 0 Å². The average molecular weight is 294 g/mol. The van der Waals surface area contributed by atoms with Crippen LogP contribution in [-0.2, 0) is 14.3 Å². The van der Waals surface area contributed by atoms with E-state index in [1.807, 2.05) is 13.8 Å². The number of nitrogens with zero attached hydrogens (tertiary/aromatic N) is 1. The second-order valence-corrected chi connectivity index (χ2v) is 4.19. The average Bonchev–Trinajstić information content (AvgIpc) is 2.34. The molecule has 112 valence electrons. The lowest BCUT2D eigenvalue weighted by atomic mass is 10.1. The Morgan fingerprint density at radius 1 is 1.53 bits per heavy atom. The highest BCUT2D eigenvalue weighted by Gasteiger charge is 2.29. The molecule has 0 saturated carbocycles. The number of rotatable bonds is 7. The molecule has 0 aromatic heterocycles. The molecule has 1 unspecified atom stereocenters. The zero-order chi connectivity index (χ0) is 13.4. The van der Waals surface area contributed by atoms with Crippen molar-refractivity contribution in [2.45, 2.75) is 26.3 Å². The minimum absolute atomic E-state index is 0. The fourth-order valence-electron chi connectivity index (χ4n) is 1.95. The first kappa shape index (κ1) is 18.1. The van der Waals surface area contributed by atoms with E-state index in [4.69, 9.17) is 4.74 Å². The van der Waals surface area contributed by atoms with Gasteiger partial charge in [-0.1, -0.05) is 0 Å². The van der Waals surface area contributed by atoms with E-state index in [2.05, 4.69) is 10.6 Å². The van der Waals surface area contributed by atoms with Crippen LogP contribution in [0.5, 0.6) is 0 Å². The van der Waals surface area contributed by atoms with Crippen molar-refractivity contribution < 1.29 is 14.3 Å². The van der Waals surface area contributed by atoms with Crippen LogP contribution in [0.3, 0.4) is 0 Å². The van der Waals surface area contributed by atoms with Gasteiger partial charge in [-0.15, -0.1) is 12.4 Å². The minimum atomic E-state index is -0.396. The maximum Gasteiger partial charge on any atom is 0.240 e. The number of carbonyl (C=O) groups excluding carboxylic acids is 2. The molecular formula is C12H24ClN3O3. The molecule has 7 heteroatoms. The molecule has 2 N–H and O–H groups in total. The molecule has 0 aromatic carbocycles. The van der Waals surface area contributed by atoms with Gasteiger partial charge in [0.2, 0.25) is 11.8 Å². The third-order valence-electron chi connectivity index (χ3n) is 2.86. The first-order valence-electron chi connectivity index (χ1n) is 6.55. The number of halogens is 1. The molecular weight excluding hydrogens is 270 g/mol. The molecule has 6 nitrogen and oxygen atoms in total. The van der Waals surface area contributed by atoms with Crippen LogP contribution in [-0.4, -0.2) is 62.1 Å². The Kier molecular flexibility index (Phi) is 9.55. The van der Waals surface area contributed by atoms with Crippen molar-refractivity contribution in [2.75, 3.05) is 39.4 Å². The van der Waals surface area contributed by atoms with Crippen LogP contribution in [0.15, 0.2) is 0 Å². The minimum Gasteiger partial charge on any atom is -0.380 e. The third kappa shape index (κ3) is 6.22. The molecule has 1 rings (SSSR count). The number of hydrogen-bond acceptors (Lipinski definition) is 4. The van der Waals surface area contributed by atoms with E-state index in [0.29, 0.717) is 32.8 Å². The number of carbonyl (C=O) groups is 2. The van der Waals surface area contributed by atoms with Crippen LogP contribution < -0.4 is 10.6 Å². The molecule has 1 atom stereocenters. The van der Waals surface area contributed by atoms with Gasteiger partial charge in [-0.3, -0.25) is 9.59 Å². The molecule has 0 bridgehead atoms. The lowest BCUT2D eigenvalue weighted by Crippen LogP contribution is -2.56. The zero-order valence-electron chi connectivity index (χ0n) is 11.6. The topological polar surface area (TPSA) is 70.7 Å². The summed E-state index contributed by atoms with van der Waals surface area (Å²) in [6.45, 7) is 7.59. The molecule has 19 heavy (non-hydrogen) atoms. The molecule has 2 amide bonds. The van der Waals surface area contributed by atoms with E-state index in [-0.39, 0.29) is 30.6 Å². The van der Waals surface area contributed by atoms with Gasteiger partial charge >= 0.3 is 0 Å². The molecule has 0 aliphatic carbocycles. The van der Waals surface area contributed by atoms with Gasteiger partial charge in [0.05, 0.1) is 19.1 Å². The molecule has 0 aromatic rings. The van der Waals surface area contributed by atoms with Gasteiger partial charge in [-0.05, 0) is 13.8 Å². The number of amides is 2. The second kappa shape index (κ2) is 10.00. The number of hydrogen-bond donors (Lipinski definition) is 2. The Morgan fingerprint density at radius 3 is 2.89 bits per heavy atom. The van der Waals surface area contributed by atoms with Crippen molar-refractivity contribution in [3.05, 3.63) is 0 Å². The normalized spacial score (nSPS) is 18.9. The second-order valence-electron chi connectivity index (χ2n) is 4.19. The molecule has 1 heterocycles. The highest BCUT2D eigenvalue weighted by Crippen LogP contribution is 2.05. The maximum absolute atomic E-state index is 12.1. The van der Waals surface area contributed by atoms with Crippen molar-refractivity contribution in [3.63, 3.8) is 0 Å². The lowest BCUT2D eigenvalue weighted by Gasteiger charge is -2.32. The van der Waals surface area contributed by atoms with Crippen molar-refractivity contribution in [3.8, 4) is 0 Å². The Labute approximate surface area is 120 Å². The summed E-state index contributed by atoms with van der Waals surface area (Å²) >= 11 is 0. The summed E-state index contributed by atoms with van der Waals surface area (Å²) in [5, 5.41) is 5.79. The Bertz CT molecular complexity index is 289. The van der Waals surface area contributed by atoms with E-state index in [1.54, 1.807) is 4.90 Å². The molecule has 1 saturated heterocycles. The van der Waals surface area contributed by atoms with Crippen molar-refractivity contribution in [2.24, 2.45) is 0 Å². The summed E-state index contributed by atoms with van der Waals surface area (Å²) in [5.74, 6) is -0.0952. The summed E-state index contributed by atoms with van der Waals surface area (Å²) in [6.07, 6.45) is 0.206. The Morgan fingerprint density at radius 2 is 2.26 bits per heavy atom. The SMILES string of the molecule is CCNC(=O)CC1NCCN(CCOCC)C1=O.Cl. The van der Waals surface area contributed by atoms with Gasteiger partial charge < -0.3 is 20.3 Å². The van der Waals surface area contributed by atoms with E-state index in [0.717, 1.165) is 6.54 Å². The highest BCUT2D eigenvalue weighted by molar-refractivity contribution is 5.88. The van der Waals surface area contributed by atoms with Gasteiger partial charge in [0.1, 0.15) is 0 Å². The quantitative estimate of drug-likeness (QED) is 0.636. The van der Waals surface area contributed by atoms with E-state index >= 15 is 0 Å².